The Bertz CT molecular complexity index is 455. The zero-order valence-corrected chi connectivity index (χ0v) is 10.6. The highest BCUT2D eigenvalue weighted by molar-refractivity contribution is 9.10. The second-order valence-corrected chi connectivity index (χ2v) is 5.28. The minimum atomic E-state index is 0.794. The van der Waals surface area contributed by atoms with Gasteiger partial charge in [-0.2, -0.15) is 0 Å². The molecule has 1 N–H and O–H groups in total. The van der Waals surface area contributed by atoms with Crippen LogP contribution in [0.2, 0.25) is 0 Å². The van der Waals surface area contributed by atoms with E-state index in [9.17, 15) is 0 Å². The standard InChI is InChI=1S/C10H10BrN3S/c1-7-2-3-8(15-7)5-12-10-4-9(11)13-6-14-10/h2-4,6H,5H2,1H3,(H,12,13,14). The van der Waals surface area contributed by atoms with Gasteiger partial charge in [-0.05, 0) is 35.0 Å². The van der Waals surface area contributed by atoms with Crippen LogP contribution >= 0.6 is 27.3 Å². The van der Waals surface area contributed by atoms with E-state index in [4.69, 9.17) is 0 Å². The van der Waals surface area contributed by atoms with Gasteiger partial charge in [-0.1, -0.05) is 0 Å². The zero-order valence-electron chi connectivity index (χ0n) is 8.20. The Kier molecular flexibility index (Phi) is 3.33. The molecule has 0 aliphatic heterocycles. The molecule has 0 fully saturated rings. The Labute approximate surface area is 101 Å². The van der Waals surface area contributed by atoms with Crippen molar-refractivity contribution in [3.8, 4) is 0 Å². The second kappa shape index (κ2) is 4.72. The molecular weight excluding hydrogens is 274 g/mol. The molecule has 0 aliphatic rings. The summed E-state index contributed by atoms with van der Waals surface area (Å²) < 4.78 is 0.794. The van der Waals surface area contributed by atoms with E-state index in [1.54, 1.807) is 11.3 Å². The van der Waals surface area contributed by atoms with Gasteiger partial charge in [-0.25, -0.2) is 9.97 Å². The average Bonchev–Trinajstić information content (AvgIpc) is 2.62. The number of nitrogens with zero attached hydrogens (tertiary/aromatic N) is 2. The first kappa shape index (κ1) is 10.6. The van der Waals surface area contributed by atoms with Crippen molar-refractivity contribution in [2.45, 2.75) is 13.5 Å². The van der Waals surface area contributed by atoms with Crippen LogP contribution < -0.4 is 5.32 Å². The predicted molar refractivity (Wildman–Crippen MR) is 66.1 cm³/mol. The Balaban J connectivity index is 1.99. The first-order valence-electron chi connectivity index (χ1n) is 4.51. The summed E-state index contributed by atoms with van der Waals surface area (Å²) in [6, 6.07) is 6.11. The summed E-state index contributed by atoms with van der Waals surface area (Å²) in [7, 11) is 0. The average molecular weight is 284 g/mol. The largest absolute Gasteiger partial charge is 0.365 e. The van der Waals surface area contributed by atoms with Crippen molar-refractivity contribution in [2.75, 3.05) is 5.32 Å². The van der Waals surface area contributed by atoms with Gasteiger partial charge in [-0.3, -0.25) is 0 Å². The fraction of sp³-hybridized carbons (Fsp3) is 0.200. The van der Waals surface area contributed by atoms with Gasteiger partial charge in [0.2, 0.25) is 0 Å². The van der Waals surface area contributed by atoms with E-state index in [0.717, 1.165) is 17.0 Å². The van der Waals surface area contributed by atoms with E-state index >= 15 is 0 Å². The molecule has 2 heterocycles. The van der Waals surface area contributed by atoms with E-state index in [2.05, 4.69) is 50.3 Å². The number of nitrogens with one attached hydrogen (secondary N) is 1. The Hall–Kier alpha value is -0.940. The van der Waals surface area contributed by atoms with Gasteiger partial charge in [0, 0.05) is 15.8 Å². The summed E-state index contributed by atoms with van der Waals surface area (Å²) in [4.78, 5) is 10.7. The van der Waals surface area contributed by atoms with Crippen molar-refractivity contribution in [1.29, 1.82) is 0 Å². The van der Waals surface area contributed by atoms with Crippen LogP contribution in [0.3, 0.4) is 0 Å². The molecule has 0 aromatic carbocycles. The summed E-state index contributed by atoms with van der Waals surface area (Å²) >= 11 is 5.10. The number of thiophene rings is 1. The maximum absolute atomic E-state index is 4.11. The van der Waals surface area contributed by atoms with Crippen LogP contribution in [-0.2, 0) is 6.54 Å². The molecule has 0 aliphatic carbocycles. The molecule has 2 aromatic rings. The number of hydrogen-bond donors (Lipinski definition) is 1. The predicted octanol–water partition coefficient (Wildman–Crippen LogP) is 3.22. The zero-order chi connectivity index (χ0) is 10.7. The van der Waals surface area contributed by atoms with Crippen LogP contribution in [0.4, 0.5) is 5.82 Å². The first-order valence-corrected chi connectivity index (χ1v) is 6.12. The summed E-state index contributed by atoms with van der Waals surface area (Å²) in [6.45, 7) is 2.91. The molecule has 15 heavy (non-hydrogen) atoms. The lowest BCUT2D eigenvalue weighted by Gasteiger charge is -2.02. The summed E-state index contributed by atoms with van der Waals surface area (Å²) in [6.07, 6.45) is 1.53. The fourth-order valence-corrected chi connectivity index (χ4v) is 2.33. The van der Waals surface area contributed by atoms with Crippen LogP contribution in [0.1, 0.15) is 9.75 Å². The van der Waals surface area contributed by atoms with Gasteiger partial charge in [0.15, 0.2) is 0 Å². The van der Waals surface area contributed by atoms with Gasteiger partial charge < -0.3 is 5.32 Å². The van der Waals surface area contributed by atoms with Crippen LogP contribution in [0.15, 0.2) is 29.1 Å². The summed E-state index contributed by atoms with van der Waals surface area (Å²) in [5, 5.41) is 3.24. The van der Waals surface area contributed by atoms with E-state index in [-0.39, 0.29) is 0 Å². The van der Waals surface area contributed by atoms with E-state index in [1.165, 1.54) is 16.1 Å². The molecule has 2 aromatic heterocycles. The van der Waals surface area contributed by atoms with Crippen molar-refractivity contribution in [3.63, 3.8) is 0 Å². The fourth-order valence-electron chi connectivity index (χ4n) is 1.19. The molecule has 78 valence electrons. The van der Waals surface area contributed by atoms with E-state index in [0.29, 0.717) is 0 Å². The third-order valence-corrected chi connectivity index (χ3v) is 3.31. The van der Waals surface area contributed by atoms with E-state index < -0.39 is 0 Å². The minimum absolute atomic E-state index is 0.794. The maximum atomic E-state index is 4.11. The number of halogens is 1. The summed E-state index contributed by atoms with van der Waals surface area (Å²) in [5.41, 5.74) is 0. The molecule has 0 saturated heterocycles. The van der Waals surface area contributed by atoms with Crippen LogP contribution in [0, 0.1) is 6.92 Å². The monoisotopic (exact) mass is 283 g/mol. The van der Waals surface area contributed by atoms with Crippen molar-refractivity contribution in [3.05, 3.63) is 38.9 Å². The quantitative estimate of drug-likeness (QED) is 0.879. The van der Waals surface area contributed by atoms with Crippen molar-refractivity contribution >= 4 is 33.1 Å². The normalized spacial score (nSPS) is 10.3. The lowest BCUT2D eigenvalue weighted by molar-refractivity contribution is 1.08. The van der Waals surface area contributed by atoms with Crippen molar-refractivity contribution in [2.24, 2.45) is 0 Å². The van der Waals surface area contributed by atoms with E-state index in [1.807, 2.05) is 6.07 Å². The molecule has 0 unspecified atom stereocenters. The third-order valence-electron chi connectivity index (χ3n) is 1.87. The maximum Gasteiger partial charge on any atom is 0.130 e. The molecule has 0 saturated carbocycles. The number of aromatic nitrogens is 2. The second-order valence-electron chi connectivity index (χ2n) is 3.09. The smallest absolute Gasteiger partial charge is 0.130 e. The van der Waals surface area contributed by atoms with Gasteiger partial charge in [0.05, 0.1) is 6.54 Å². The lowest BCUT2D eigenvalue weighted by atomic mass is 10.4. The lowest BCUT2D eigenvalue weighted by Crippen LogP contribution is -1.99. The van der Waals surface area contributed by atoms with Crippen molar-refractivity contribution in [1.82, 2.24) is 9.97 Å². The Morgan fingerprint density at radius 3 is 2.93 bits per heavy atom. The summed E-state index contributed by atoms with van der Waals surface area (Å²) in [5.74, 6) is 0.836. The molecular formula is C10H10BrN3S. The van der Waals surface area contributed by atoms with Gasteiger partial charge in [0.1, 0.15) is 16.7 Å². The van der Waals surface area contributed by atoms with Crippen LogP contribution in [0.25, 0.3) is 0 Å². The number of aryl methyl sites for hydroxylation is 1. The van der Waals surface area contributed by atoms with Gasteiger partial charge >= 0.3 is 0 Å². The molecule has 5 heteroatoms. The molecule has 0 spiro atoms. The highest BCUT2D eigenvalue weighted by Crippen LogP contribution is 2.17. The Morgan fingerprint density at radius 1 is 1.40 bits per heavy atom. The molecule has 0 radical (unpaired) electrons. The van der Waals surface area contributed by atoms with Crippen LogP contribution in [0.5, 0.6) is 0 Å². The van der Waals surface area contributed by atoms with Crippen molar-refractivity contribution < 1.29 is 0 Å². The third kappa shape index (κ3) is 3.00. The molecule has 3 nitrogen and oxygen atoms in total. The van der Waals surface area contributed by atoms with Gasteiger partial charge in [-0.15, -0.1) is 11.3 Å². The highest BCUT2D eigenvalue weighted by atomic mass is 79.9. The highest BCUT2D eigenvalue weighted by Gasteiger charge is 1.98. The number of hydrogen-bond acceptors (Lipinski definition) is 4. The molecule has 0 atom stereocenters. The Morgan fingerprint density at radius 2 is 2.27 bits per heavy atom. The topological polar surface area (TPSA) is 37.8 Å². The number of anilines is 1. The molecule has 0 amide bonds. The SMILES string of the molecule is Cc1ccc(CNc2cc(Br)ncn2)s1. The van der Waals surface area contributed by atoms with Crippen LogP contribution in [-0.4, -0.2) is 9.97 Å². The first-order chi connectivity index (χ1) is 7.24. The minimum Gasteiger partial charge on any atom is -0.365 e. The number of rotatable bonds is 3. The molecule has 2 rings (SSSR count). The molecule has 0 bridgehead atoms. The van der Waals surface area contributed by atoms with Gasteiger partial charge in [0.25, 0.3) is 0 Å².